The van der Waals surface area contributed by atoms with Gasteiger partial charge in [-0.1, -0.05) is 0 Å². The molecule has 0 aliphatic heterocycles. The van der Waals surface area contributed by atoms with E-state index in [4.69, 9.17) is 5.11 Å². The molecule has 2 aromatic rings. The molecule has 2 aromatic heterocycles. The van der Waals surface area contributed by atoms with Crippen LogP contribution in [-0.2, 0) is 6.54 Å². The molecule has 0 spiro atoms. The molecule has 0 aliphatic rings. The number of rotatable bonds is 6. The second-order valence-corrected chi connectivity index (χ2v) is 4.18. The lowest BCUT2D eigenvalue weighted by Gasteiger charge is -2.07. The van der Waals surface area contributed by atoms with Crippen LogP contribution in [0.4, 0.5) is 5.82 Å². The number of aryl methyl sites for hydroxylation is 2. The molecule has 0 saturated heterocycles. The van der Waals surface area contributed by atoms with Crippen LogP contribution in [-0.4, -0.2) is 32.4 Å². The summed E-state index contributed by atoms with van der Waals surface area (Å²) in [4.78, 5) is 15.1. The largest absolute Gasteiger partial charge is 0.478 e. The van der Waals surface area contributed by atoms with Gasteiger partial charge in [0.05, 0.1) is 11.3 Å². The molecule has 6 heteroatoms. The molecule has 2 N–H and O–H groups in total. The fraction of sp³-hybridized carbons (Fsp3) is 0.308. The monoisotopic (exact) mass is 260 g/mol. The third-order valence-corrected chi connectivity index (χ3v) is 2.75. The van der Waals surface area contributed by atoms with E-state index in [2.05, 4.69) is 15.4 Å². The number of carboxylic acid groups (broad SMARTS) is 1. The van der Waals surface area contributed by atoms with Crippen molar-refractivity contribution in [2.75, 3.05) is 11.9 Å². The first kappa shape index (κ1) is 13.1. The van der Waals surface area contributed by atoms with Gasteiger partial charge in [-0.05, 0) is 31.5 Å². The molecule has 19 heavy (non-hydrogen) atoms. The number of nitrogens with one attached hydrogen (secondary N) is 1. The number of aromatic carboxylic acids is 1. The SMILES string of the molecule is Cc1nc(NCCCn2cccn2)ccc1C(=O)O. The summed E-state index contributed by atoms with van der Waals surface area (Å²) in [6.45, 7) is 3.29. The van der Waals surface area contributed by atoms with Crippen LogP contribution in [0.1, 0.15) is 22.5 Å². The highest BCUT2D eigenvalue weighted by Crippen LogP contribution is 2.10. The van der Waals surface area contributed by atoms with Crippen molar-refractivity contribution < 1.29 is 9.90 Å². The van der Waals surface area contributed by atoms with E-state index in [1.165, 1.54) is 0 Å². The highest BCUT2D eigenvalue weighted by molar-refractivity contribution is 5.89. The van der Waals surface area contributed by atoms with Crippen molar-refractivity contribution in [3.63, 3.8) is 0 Å². The Labute approximate surface area is 111 Å². The zero-order valence-electron chi connectivity index (χ0n) is 10.7. The second-order valence-electron chi connectivity index (χ2n) is 4.18. The maximum Gasteiger partial charge on any atom is 0.337 e. The first-order valence-corrected chi connectivity index (χ1v) is 6.09. The van der Waals surface area contributed by atoms with Gasteiger partial charge in [0.2, 0.25) is 0 Å². The van der Waals surface area contributed by atoms with Crippen LogP contribution in [0.15, 0.2) is 30.6 Å². The van der Waals surface area contributed by atoms with Crippen LogP contribution in [0, 0.1) is 6.92 Å². The first-order valence-electron chi connectivity index (χ1n) is 6.09. The second kappa shape index (κ2) is 5.99. The molecular weight excluding hydrogens is 244 g/mol. The summed E-state index contributed by atoms with van der Waals surface area (Å²) < 4.78 is 1.87. The standard InChI is InChI=1S/C13H16N4O2/c1-10-11(13(18)19)4-5-12(16-10)14-6-2-8-17-9-3-7-15-17/h3-5,7,9H,2,6,8H2,1H3,(H,14,16)(H,18,19). The van der Waals surface area contributed by atoms with E-state index in [-0.39, 0.29) is 5.56 Å². The molecule has 0 bridgehead atoms. The molecular formula is C13H16N4O2. The molecule has 100 valence electrons. The van der Waals surface area contributed by atoms with Gasteiger partial charge in [-0.3, -0.25) is 4.68 Å². The lowest BCUT2D eigenvalue weighted by molar-refractivity contribution is 0.0695. The van der Waals surface area contributed by atoms with Crippen molar-refractivity contribution in [3.8, 4) is 0 Å². The lowest BCUT2D eigenvalue weighted by atomic mass is 10.2. The number of aromatic nitrogens is 3. The predicted octanol–water partition coefficient (Wildman–Crippen LogP) is 1.79. The Balaban J connectivity index is 1.83. The van der Waals surface area contributed by atoms with Crippen LogP contribution in [0.3, 0.4) is 0 Å². The van der Waals surface area contributed by atoms with E-state index < -0.39 is 5.97 Å². The van der Waals surface area contributed by atoms with Gasteiger partial charge in [-0.25, -0.2) is 9.78 Å². The average Bonchev–Trinajstić information content (AvgIpc) is 2.87. The average molecular weight is 260 g/mol. The van der Waals surface area contributed by atoms with Gasteiger partial charge in [-0.2, -0.15) is 5.10 Å². The quantitative estimate of drug-likeness (QED) is 0.774. The Bertz CT molecular complexity index is 552. The molecule has 0 saturated carbocycles. The summed E-state index contributed by atoms with van der Waals surface area (Å²) in [6.07, 6.45) is 4.59. The normalized spacial score (nSPS) is 10.4. The van der Waals surface area contributed by atoms with Gasteiger partial charge in [0.1, 0.15) is 5.82 Å². The maximum atomic E-state index is 10.9. The third-order valence-electron chi connectivity index (χ3n) is 2.75. The van der Waals surface area contributed by atoms with Crippen LogP contribution in [0.2, 0.25) is 0 Å². The molecule has 0 unspecified atom stereocenters. The van der Waals surface area contributed by atoms with Crippen LogP contribution < -0.4 is 5.32 Å². The number of carboxylic acids is 1. The Morgan fingerprint density at radius 2 is 2.32 bits per heavy atom. The van der Waals surface area contributed by atoms with Crippen molar-refractivity contribution in [2.45, 2.75) is 19.9 Å². The van der Waals surface area contributed by atoms with E-state index in [9.17, 15) is 4.79 Å². The summed E-state index contributed by atoms with van der Waals surface area (Å²) in [5, 5.41) is 16.2. The van der Waals surface area contributed by atoms with Gasteiger partial charge in [0.25, 0.3) is 0 Å². The van der Waals surface area contributed by atoms with Gasteiger partial charge in [0.15, 0.2) is 0 Å². The summed E-state index contributed by atoms with van der Waals surface area (Å²) in [7, 11) is 0. The first-order chi connectivity index (χ1) is 9.16. The molecule has 0 radical (unpaired) electrons. The molecule has 0 atom stereocenters. The Hall–Kier alpha value is -2.37. The van der Waals surface area contributed by atoms with Gasteiger partial charge in [0, 0.05) is 25.5 Å². The summed E-state index contributed by atoms with van der Waals surface area (Å²) in [5.74, 6) is -0.252. The maximum absolute atomic E-state index is 10.9. The van der Waals surface area contributed by atoms with Crippen molar-refractivity contribution in [1.29, 1.82) is 0 Å². The predicted molar refractivity (Wildman–Crippen MR) is 71.3 cm³/mol. The van der Waals surface area contributed by atoms with E-state index in [0.717, 1.165) is 19.5 Å². The van der Waals surface area contributed by atoms with E-state index in [0.29, 0.717) is 11.5 Å². The number of pyridine rings is 1. The van der Waals surface area contributed by atoms with Crippen LogP contribution in [0.5, 0.6) is 0 Å². The van der Waals surface area contributed by atoms with Crippen molar-refractivity contribution >= 4 is 11.8 Å². The number of nitrogens with zero attached hydrogens (tertiary/aromatic N) is 3. The van der Waals surface area contributed by atoms with E-state index in [1.807, 2.05) is 16.9 Å². The number of carbonyl (C=O) groups is 1. The fourth-order valence-corrected chi connectivity index (χ4v) is 1.78. The van der Waals surface area contributed by atoms with Crippen molar-refractivity contribution in [3.05, 3.63) is 41.9 Å². The lowest BCUT2D eigenvalue weighted by Crippen LogP contribution is -2.09. The molecule has 0 aromatic carbocycles. The van der Waals surface area contributed by atoms with E-state index >= 15 is 0 Å². The minimum atomic E-state index is -0.949. The smallest absolute Gasteiger partial charge is 0.337 e. The summed E-state index contributed by atoms with van der Waals surface area (Å²) >= 11 is 0. The van der Waals surface area contributed by atoms with Gasteiger partial charge in [-0.15, -0.1) is 0 Å². The van der Waals surface area contributed by atoms with Gasteiger partial charge >= 0.3 is 5.97 Å². The summed E-state index contributed by atoms with van der Waals surface area (Å²) in [6, 6.07) is 5.15. The minimum Gasteiger partial charge on any atom is -0.478 e. The molecule has 0 fully saturated rings. The topological polar surface area (TPSA) is 80.0 Å². The van der Waals surface area contributed by atoms with Crippen molar-refractivity contribution in [1.82, 2.24) is 14.8 Å². The molecule has 2 heterocycles. The van der Waals surface area contributed by atoms with Crippen LogP contribution >= 0.6 is 0 Å². The Morgan fingerprint density at radius 3 is 2.95 bits per heavy atom. The zero-order valence-corrected chi connectivity index (χ0v) is 10.7. The Morgan fingerprint density at radius 1 is 1.47 bits per heavy atom. The van der Waals surface area contributed by atoms with E-state index in [1.54, 1.807) is 25.3 Å². The fourth-order valence-electron chi connectivity index (χ4n) is 1.78. The molecule has 0 aliphatic carbocycles. The molecule has 0 amide bonds. The third kappa shape index (κ3) is 3.54. The van der Waals surface area contributed by atoms with Crippen LogP contribution in [0.25, 0.3) is 0 Å². The van der Waals surface area contributed by atoms with Crippen molar-refractivity contribution in [2.24, 2.45) is 0 Å². The number of anilines is 1. The highest BCUT2D eigenvalue weighted by atomic mass is 16.4. The zero-order chi connectivity index (χ0) is 13.7. The summed E-state index contributed by atoms with van der Waals surface area (Å²) in [5.41, 5.74) is 0.756. The minimum absolute atomic E-state index is 0.238. The van der Waals surface area contributed by atoms with Gasteiger partial charge < -0.3 is 10.4 Å². The molecule has 2 rings (SSSR count). The molecule has 6 nitrogen and oxygen atoms in total. The number of hydrogen-bond donors (Lipinski definition) is 2. The Kier molecular flexibility index (Phi) is 4.12. The number of hydrogen-bond acceptors (Lipinski definition) is 4. The highest BCUT2D eigenvalue weighted by Gasteiger charge is 2.08.